The first kappa shape index (κ1) is 21.1. The molecule has 4 rings (SSSR count). The van der Waals surface area contributed by atoms with Gasteiger partial charge in [0.1, 0.15) is 0 Å². The molecular formula is C26H36N2O2. The first-order valence-electron chi connectivity index (χ1n) is 12.0. The van der Waals surface area contributed by atoms with Gasteiger partial charge in [-0.3, -0.25) is 9.59 Å². The van der Waals surface area contributed by atoms with Crippen LogP contribution in [0.25, 0.3) is 6.08 Å². The minimum absolute atomic E-state index is 0.0571. The van der Waals surface area contributed by atoms with E-state index in [4.69, 9.17) is 0 Å². The van der Waals surface area contributed by atoms with E-state index in [-0.39, 0.29) is 11.8 Å². The van der Waals surface area contributed by atoms with Crippen molar-refractivity contribution in [2.75, 3.05) is 13.1 Å². The molecule has 0 radical (unpaired) electrons. The van der Waals surface area contributed by atoms with Gasteiger partial charge in [0.25, 0.3) is 0 Å². The summed E-state index contributed by atoms with van der Waals surface area (Å²) in [6.07, 6.45) is 13.7. The van der Waals surface area contributed by atoms with Gasteiger partial charge in [-0.2, -0.15) is 0 Å². The van der Waals surface area contributed by atoms with Crippen molar-refractivity contribution in [1.82, 2.24) is 9.80 Å². The number of benzene rings is 1. The van der Waals surface area contributed by atoms with Gasteiger partial charge in [-0.1, -0.05) is 43.7 Å². The summed E-state index contributed by atoms with van der Waals surface area (Å²) < 4.78 is 0. The molecule has 0 atom stereocenters. The standard InChI is InChI=1S/C26H36N2O2/c1-2-20-8-11-23(12-9-20)28(24-13-14-24)26(30)22-16-18-27(19-17-22)25(29)15-10-21-6-4-3-5-7-21/h3-7,10,15,20,22-24H,2,8-9,11-14,16-19H2,1H3/b15-10+. The molecule has 0 unspecified atom stereocenters. The molecule has 1 heterocycles. The van der Waals surface area contributed by atoms with Gasteiger partial charge in [-0.25, -0.2) is 0 Å². The Morgan fingerprint density at radius 3 is 2.10 bits per heavy atom. The highest BCUT2D eigenvalue weighted by atomic mass is 16.2. The molecule has 0 aromatic heterocycles. The van der Waals surface area contributed by atoms with Crippen molar-refractivity contribution >= 4 is 17.9 Å². The topological polar surface area (TPSA) is 40.6 Å². The largest absolute Gasteiger partial charge is 0.339 e. The number of hydrogen-bond donors (Lipinski definition) is 0. The molecule has 4 heteroatoms. The third-order valence-corrected chi connectivity index (χ3v) is 7.36. The summed E-state index contributed by atoms with van der Waals surface area (Å²) >= 11 is 0. The summed E-state index contributed by atoms with van der Waals surface area (Å²) in [6, 6.07) is 10.9. The first-order valence-corrected chi connectivity index (χ1v) is 12.0. The van der Waals surface area contributed by atoms with Crippen LogP contribution >= 0.6 is 0 Å². The monoisotopic (exact) mass is 408 g/mol. The second kappa shape index (κ2) is 9.80. The Kier molecular flexibility index (Phi) is 6.91. The lowest BCUT2D eigenvalue weighted by molar-refractivity contribution is -0.143. The molecule has 2 aliphatic carbocycles. The van der Waals surface area contributed by atoms with Gasteiger partial charge in [-0.05, 0) is 68.9 Å². The molecule has 0 bridgehead atoms. The Balaban J connectivity index is 1.30. The zero-order valence-corrected chi connectivity index (χ0v) is 18.3. The van der Waals surface area contributed by atoms with Crippen LogP contribution in [-0.4, -0.2) is 46.8 Å². The van der Waals surface area contributed by atoms with Crippen LogP contribution in [-0.2, 0) is 9.59 Å². The summed E-state index contributed by atoms with van der Waals surface area (Å²) in [7, 11) is 0. The van der Waals surface area contributed by atoms with Gasteiger partial charge in [0.2, 0.25) is 11.8 Å². The number of nitrogens with zero attached hydrogens (tertiary/aromatic N) is 2. The van der Waals surface area contributed by atoms with Gasteiger partial charge >= 0.3 is 0 Å². The van der Waals surface area contributed by atoms with Crippen molar-refractivity contribution in [2.45, 2.75) is 76.8 Å². The Morgan fingerprint density at radius 1 is 0.933 bits per heavy atom. The van der Waals surface area contributed by atoms with Gasteiger partial charge < -0.3 is 9.80 Å². The molecular weight excluding hydrogens is 372 g/mol. The predicted molar refractivity (Wildman–Crippen MR) is 121 cm³/mol. The van der Waals surface area contributed by atoms with E-state index in [0.29, 0.717) is 31.1 Å². The van der Waals surface area contributed by atoms with Crippen LogP contribution in [0, 0.1) is 11.8 Å². The lowest BCUT2D eigenvalue weighted by atomic mass is 9.83. The number of carbonyl (C=O) groups is 2. The average molecular weight is 409 g/mol. The maximum atomic E-state index is 13.4. The highest BCUT2D eigenvalue weighted by molar-refractivity contribution is 5.92. The number of rotatable bonds is 6. The molecule has 162 valence electrons. The molecule has 2 saturated carbocycles. The molecule has 3 fully saturated rings. The van der Waals surface area contributed by atoms with Crippen LogP contribution in [0.15, 0.2) is 36.4 Å². The van der Waals surface area contributed by atoms with Gasteiger partial charge in [0.05, 0.1) is 0 Å². The van der Waals surface area contributed by atoms with E-state index in [2.05, 4.69) is 11.8 Å². The summed E-state index contributed by atoms with van der Waals surface area (Å²) in [6.45, 7) is 3.67. The van der Waals surface area contributed by atoms with E-state index in [0.717, 1.165) is 24.3 Å². The Bertz CT molecular complexity index is 740. The first-order chi connectivity index (χ1) is 14.7. The minimum atomic E-state index is 0.0571. The zero-order chi connectivity index (χ0) is 20.9. The molecule has 0 N–H and O–H groups in total. The van der Waals surface area contributed by atoms with Gasteiger partial charge in [-0.15, -0.1) is 0 Å². The lowest BCUT2D eigenvalue weighted by Gasteiger charge is -2.40. The summed E-state index contributed by atoms with van der Waals surface area (Å²) in [5.74, 6) is 1.39. The Hall–Kier alpha value is -2.10. The van der Waals surface area contributed by atoms with E-state index in [9.17, 15) is 9.59 Å². The molecule has 3 aliphatic rings. The number of amides is 2. The molecule has 1 aromatic rings. The fourth-order valence-corrected chi connectivity index (χ4v) is 5.24. The van der Waals surface area contributed by atoms with Crippen molar-refractivity contribution in [1.29, 1.82) is 0 Å². The van der Waals surface area contributed by atoms with Crippen LogP contribution in [0.1, 0.15) is 70.3 Å². The highest BCUT2D eigenvalue weighted by Gasteiger charge is 2.41. The second-order valence-electron chi connectivity index (χ2n) is 9.40. The lowest BCUT2D eigenvalue weighted by Crippen LogP contribution is -2.49. The quantitative estimate of drug-likeness (QED) is 0.628. The van der Waals surface area contributed by atoms with Crippen molar-refractivity contribution in [3.8, 4) is 0 Å². The molecule has 4 nitrogen and oxygen atoms in total. The van der Waals surface area contributed by atoms with E-state index >= 15 is 0 Å². The van der Waals surface area contributed by atoms with Crippen LogP contribution in [0.3, 0.4) is 0 Å². The van der Waals surface area contributed by atoms with Crippen LogP contribution in [0.2, 0.25) is 0 Å². The molecule has 1 aliphatic heterocycles. The second-order valence-corrected chi connectivity index (χ2v) is 9.40. The number of hydrogen-bond acceptors (Lipinski definition) is 2. The van der Waals surface area contributed by atoms with E-state index < -0.39 is 0 Å². The average Bonchev–Trinajstić information content (AvgIpc) is 3.64. The molecule has 30 heavy (non-hydrogen) atoms. The SMILES string of the molecule is CCC1CCC(N(C(=O)C2CCN(C(=O)/C=C/c3ccccc3)CC2)C2CC2)CC1. The molecule has 0 spiro atoms. The number of carbonyl (C=O) groups excluding carboxylic acids is 2. The summed E-state index contributed by atoms with van der Waals surface area (Å²) in [4.78, 5) is 30.2. The van der Waals surface area contributed by atoms with Crippen LogP contribution in [0.4, 0.5) is 0 Å². The Labute approximate surface area is 181 Å². The van der Waals surface area contributed by atoms with Gasteiger partial charge in [0, 0.05) is 37.2 Å². The zero-order valence-electron chi connectivity index (χ0n) is 18.3. The number of likely N-dealkylation sites (tertiary alicyclic amines) is 1. The number of piperidine rings is 1. The normalized spacial score (nSPS) is 25.4. The van der Waals surface area contributed by atoms with Crippen LogP contribution < -0.4 is 0 Å². The third kappa shape index (κ3) is 5.14. The van der Waals surface area contributed by atoms with E-state index in [1.54, 1.807) is 6.08 Å². The molecule has 2 amide bonds. The predicted octanol–water partition coefficient (Wildman–Crippen LogP) is 4.90. The van der Waals surface area contributed by atoms with E-state index in [1.807, 2.05) is 41.3 Å². The molecule has 1 aromatic carbocycles. The van der Waals surface area contributed by atoms with Crippen LogP contribution in [0.5, 0.6) is 0 Å². The van der Waals surface area contributed by atoms with Crippen molar-refractivity contribution in [3.63, 3.8) is 0 Å². The summed E-state index contributed by atoms with van der Waals surface area (Å²) in [5, 5.41) is 0. The van der Waals surface area contributed by atoms with Crippen molar-refractivity contribution in [3.05, 3.63) is 42.0 Å². The van der Waals surface area contributed by atoms with Gasteiger partial charge in [0.15, 0.2) is 0 Å². The smallest absolute Gasteiger partial charge is 0.246 e. The maximum Gasteiger partial charge on any atom is 0.246 e. The van der Waals surface area contributed by atoms with E-state index in [1.165, 1.54) is 44.9 Å². The summed E-state index contributed by atoms with van der Waals surface area (Å²) in [5.41, 5.74) is 1.04. The van der Waals surface area contributed by atoms with Crippen molar-refractivity contribution in [2.24, 2.45) is 11.8 Å². The van der Waals surface area contributed by atoms with Crippen molar-refractivity contribution < 1.29 is 9.59 Å². The minimum Gasteiger partial charge on any atom is -0.339 e. The Morgan fingerprint density at radius 2 is 1.53 bits per heavy atom. The highest BCUT2D eigenvalue weighted by Crippen LogP contribution is 2.38. The fraction of sp³-hybridized carbons (Fsp3) is 0.615. The maximum absolute atomic E-state index is 13.4. The fourth-order valence-electron chi connectivity index (χ4n) is 5.24. The third-order valence-electron chi connectivity index (χ3n) is 7.36. The molecule has 1 saturated heterocycles.